The molecule has 3 aromatic rings. The van der Waals surface area contributed by atoms with Crippen LogP contribution >= 0.6 is 0 Å². The molecule has 0 spiro atoms. The third kappa shape index (κ3) is 2.15. The van der Waals surface area contributed by atoms with Gasteiger partial charge in [-0.25, -0.2) is 4.52 Å². The third-order valence-corrected chi connectivity index (χ3v) is 2.66. The molecule has 0 saturated heterocycles. The van der Waals surface area contributed by atoms with E-state index in [-0.39, 0.29) is 0 Å². The molecule has 0 saturated carbocycles. The Morgan fingerprint density at radius 3 is 2.89 bits per heavy atom. The maximum atomic E-state index is 5.89. The van der Waals surface area contributed by atoms with Crippen LogP contribution in [0.4, 0.5) is 5.69 Å². The average molecular weight is 256 g/mol. The minimum absolute atomic E-state index is 0.463. The normalized spacial score (nSPS) is 10.6. The van der Waals surface area contributed by atoms with Gasteiger partial charge in [-0.3, -0.25) is 0 Å². The van der Waals surface area contributed by atoms with Crippen molar-refractivity contribution in [3.05, 3.63) is 42.7 Å². The predicted octanol–water partition coefficient (Wildman–Crippen LogP) is 2.11. The minimum Gasteiger partial charge on any atom is -0.497 e. The highest BCUT2D eigenvalue weighted by atomic mass is 16.5. The zero-order valence-electron chi connectivity index (χ0n) is 10.3. The molecule has 6 nitrogen and oxygen atoms in total. The Morgan fingerprint density at radius 1 is 1.21 bits per heavy atom. The topological polar surface area (TPSA) is 74.7 Å². The number of nitrogens with two attached hydrogens (primary N) is 1. The van der Waals surface area contributed by atoms with E-state index in [9.17, 15) is 0 Å². The molecule has 0 atom stereocenters. The number of hydrogen-bond acceptors (Lipinski definition) is 5. The highest BCUT2D eigenvalue weighted by Crippen LogP contribution is 2.29. The van der Waals surface area contributed by atoms with Crippen LogP contribution in [0.2, 0.25) is 0 Å². The summed E-state index contributed by atoms with van der Waals surface area (Å²) in [5.74, 6) is 1.69. The zero-order valence-corrected chi connectivity index (χ0v) is 10.3. The summed E-state index contributed by atoms with van der Waals surface area (Å²) in [4.78, 5) is 4.31. The lowest BCUT2D eigenvalue weighted by molar-refractivity contribution is 0.412. The zero-order chi connectivity index (χ0) is 13.2. The second-order valence-electron chi connectivity index (χ2n) is 3.91. The maximum absolute atomic E-state index is 5.89. The maximum Gasteiger partial charge on any atom is 0.222 e. The number of aromatic nitrogens is 3. The van der Waals surface area contributed by atoms with Gasteiger partial charge in [-0.05, 0) is 12.1 Å². The molecular weight excluding hydrogens is 244 g/mol. The van der Waals surface area contributed by atoms with Crippen molar-refractivity contribution in [2.24, 2.45) is 0 Å². The van der Waals surface area contributed by atoms with E-state index in [4.69, 9.17) is 15.2 Å². The number of methoxy groups -OCH3 is 1. The average Bonchev–Trinajstić information content (AvgIpc) is 2.88. The van der Waals surface area contributed by atoms with Gasteiger partial charge in [0.1, 0.15) is 5.75 Å². The highest BCUT2D eigenvalue weighted by Gasteiger charge is 2.06. The summed E-state index contributed by atoms with van der Waals surface area (Å²) in [7, 11) is 1.59. The van der Waals surface area contributed by atoms with Crippen LogP contribution in [-0.2, 0) is 0 Å². The number of anilines is 1. The Kier molecular flexibility index (Phi) is 2.68. The summed E-state index contributed by atoms with van der Waals surface area (Å²) in [6.45, 7) is 0. The Bertz CT molecular complexity index is 723. The molecule has 0 aliphatic carbocycles. The molecule has 0 unspecified atom stereocenters. The summed E-state index contributed by atoms with van der Waals surface area (Å²) in [6, 6.07) is 8.75. The van der Waals surface area contributed by atoms with E-state index in [1.807, 2.05) is 0 Å². The monoisotopic (exact) mass is 256 g/mol. The summed E-state index contributed by atoms with van der Waals surface area (Å²) < 4.78 is 12.4. The van der Waals surface area contributed by atoms with Gasteiger partial charge in [0.15, 0.2) is 11.4 Å². The van der Waals surface area contributed by atoms with Gasteiger partial charge < -0.3 is 15.2 Å². The lowest BCUT2D eigenvalue weighted by atomic mass is 10.3. The minimum atomic E-state index is 0.463. The molecule has 3 rings (SSSR count). The first-order valence-electron chi connectivity index (χ1n) is 5.68. The number of benzene rings is 1. The van der Waals surface area contributed by atoms with Gasteiger partial charge in [-0.2, -0.15) is 10.1 Å². The van der Waals surface area contributed by atoms with Gasteiger partial charge in [-0.15, -0.1) is 0 Å². The first kappa shape index (κ1) is 11.3. The number of nitrogens with zero attached hydrogens (tertiary/aromatic N) is 3. The van der Waals surface area contributed by atoms with Crippen molar-refractivity contribution in [2.75, 3.05) is 12.8 Å². The Labute approximate surface area is 109 Å². The van der Waals surface area contributed by atoms with Crippen molar-refractivity contribution in [1.82, 2.24) is 14.6 Å². The predicted molar refractivity (Wildman–Crippen MR) is 70.5 cm³/mol. The molecule has 96 valence electrons. The van der Waals surface area contributed by atoms with Gasteiger partial charge in [0.05, 0.1) is 19.0 Å². The Balaban J connectivity index is 1.91. The van der Waals surface area contributed by atoms with Gasteiger partial charge in [0, 0.05) is 24.4 Å². The lowest BCUT2D eigenvalue weighted by Crippen LogP contribution is -1.96. The first-order chi connectivity index (χ1) is 9.26. The van der Waals surface area contributed by atoms with E-state index >= 15 is 0 Å². The van der Waals surface area contributed by atoms with Crippen molar-refractivity contribution in [3.8, 4) is 17.4 Å². The second-order valence-corrected chi connectivity index (χ2v) is 3.91. The van der Waals surface area contributed by atoms with Gasteiger partial charge in [-0.1, -0.05) is 0 Å². The van der Waals surface area contributed by atoms with E-state index in [0.29, 0.717) is 28.7 Å². The number of hydrogen-bond donors (Lipinski definition) is 1. The Morgan fingerprint density at radius 2 is 2.11 bits per heavy atom. The quantitative estimate of drug-likeness (QED) is 0.726. The van der Waals surface area contributed by atoms with E-state index in [1.165, 1.54) is 0 Å². The fraction of sp³-hybridized carbons (Fsp3) is 0.0769. The van der Waals surface area contributed by atoms with Crippen molar-refractivity contribution in [2.45, 2.75) is 0 Å². The van der Waals surface area contributed by atoms with Crippen LogP contribution in [-0.4, -0.2) is 21.7 Å². The molecule has 6 heteroatoms. The molecular formula is C13H12N4O2. The third-order valence-electron chi connectivity index (χ3n) is 2.66. The summed E-state index contributed by atoms with van der Waals surface area (Å²) in [6.07, 6.45) is 3.45. The molecule has 2 N–H and O–H groups in total. The first-order valence-corrected chi connectivity index (χ1v) is 5.68. The van der Waals surface area contributed by atoms with E-state index in [1.54, 1.807) is 54.4 Å². The van der Waals surface area contributed by atoms with Crippen molar-refractivity contribution in [3.63, 3.8) is 0 Å². The molecule has 0 radical (unpaired) electrons. The second kappa shape index (κ2) is 4.49. The Hall–Kier alpha value is -2.76. The molecule has 0 bridgehead atoms. The van der Waals surface area contributed by atoms with Gasteiger partial charge >= 0.3 is 0 Å². The van der Waals surface area contributed by atoms with E-state index in [2.05, 4.69) is 10.1 Å². The van der Waals surface area contributed by atoms with E-state index < -0.39 is 0 Å². The molecule has 0 amide bonds. The highest BCUT2D eigenvalue weighted by molar-refractivity contribution is 5.57. The number of nitrogen functional groups attached to an aromatic ring is 1. The van der Waals surface area contributed by atoms with Crippen molar-refractivity contribution in [1.29, 1.82) is 0 Å². The smallest absolute Gasteiger partial charge is 0.222 e. The standard InChI is InChI=1S/C13H12N4O2/c1-18-9-2-3-11(10(14)8-9)19-13-5-7-17-12(16-13)4-6-15-17/h2-8H,14H2,1H3. The number of ether oxygens (including phenoxy) is 2. The molecule has 1 aromatic carbocycles. The number of rotatable bonds is 3. The van der Waals surface area contributed by atoms with Crippen LogP contribution in [0.1, 0.15) is 0 Å². The largest absolute Gasteiger partial charge is 0.497 e. The molecule has 0 fully saturated rings. The van der Waals surface area contributed by atoms with Crippen LogP contribution in [0.5, 0.6) is 17.4 Å². The fourth-order valence-electron chi connectivity index (χ4n) is 1.71. The number of fused-ring (bicyclic) bond motifs is 1. The van der Waals surface area contributed by atoms with Crippen LogP contribution < -0.4 is 15.2 Å². The fourth-order valence-corrected chi connectivity index (χ4v) is 1.71. The summed E-state index contributed by atoms with van der Waals surface area (Å²) >= 11 is 0. The van der Waals surface area contributed by atoms with Crippen LogP contribution in [0.3, 0.4) is 0 Å². The van der Waals surface area contributed by atoms with Gasteiger partial charge in [0.2, 0.25) is 5.88 Å². The lowest BCUT2D eigenvalue weighted by Gasteiger charge is -2.09. The molecule has 2 aromatic heterocycles. The SMILES string of the molecule is COc1ccc(Oc2ccn3nccc3n2)c(N)c1. The van der Waals surface area contributed by atoms with Crippen LogP contribution in [0.25, 0.3) is 5.65 Å². The molecule has 0 aliphatic rings. The summed E-state index contributed by atoms with van der Waals surface area (Å²) in [5, 5.41) is 4.06. The van der Waals surface area contributed by atoms with E-state index in [0.717, 1.165) is 0 Å². The van der Waals surface area contributed by atoms with Crippen LogP contribution in [0.15, 0.2) is 42.7 Å². The molecule has 19 heavy (non-hydrogen) atoms. The van der Waals surface area contributed by atoms with Gasteiger partial charge in [0.25, 0.3) is 0 Å². The van der Waals surface area contributed by atoms with Crippen molar-refractivity contribution >= 4 is 11.3 Å². The summed E-state index contributed by atoms with van der Waals surface area (Å²) in [5.41, 5.74) is 7.09. The molecule has 2 heterocycles. The van der Waals surface area contributed by atoms with Crippen molar-refractivity contribution < 1.29 is 9.47 Å². The van der Waals surface area contributed by atoms with Crippen LogP contribution in [0, 0.1) is 0 Å². The molecule has 0 aliphatic heterocycles.